The van der Waals surface area contributed by atoms with E-state index in [2.05, 4.69) is 0 Å². The van der Waals surface area contributed by atoms with Crippen LogP contribution in [0.5, 0.6) is 11.5 Å². The molecule has 0 aliphatic heterocycles. The van der Waals surface area contributed by atoms with Crippen LogP contribution in [-0.2, 0) is 0 Å². The standard InChI is InChI=1S/C14H12O3/c1-11-7-5-6-10-13(11)17-14(15)16-12-8-3-2-4-9-12/h2-10H,1H3. The van der Waals surface area contributed by atoms with Crippen molar-refractivity contribution < 1.29 is 14.3 Å². The van der Waals surface area contributed by atoms with Gasteiger partial charge in [0.15, 0.2) is 0 Å². The maximum Gasteiger partial charge on any atom is 0.519 e. The molecule has 0 heterocycles. The normalized spacial score (nSPS) is 9.71. The molecule has 0 radical (unpaired) electrons. The van der Waals surface area contributed by atoms with Crippen molar-refractivity contribution in [1.29, 1.82) is 0 Å². The number of ether oxygens (including phenoxy) is 2. The highest BCUT2D eigenvalue weighted by Gasteiger charge is 2.08. The molecular formula is C14H12O3. The summed E-state index contributed by atoms with van der Waals surface area (Å²) in [7, 11) is 0. The minimum atomic E-state index is -0.731. The van der Waals surface area contributed by atoms with E-state index in [1.807, 2.05) is 25.1 Å². The Morgan fingerprint density at radius 2 is 1.53 bits per heavy atom. The van der Waals surface area contributed by atoms with Gasteiger partial charge in [-0.25, -0.2) is 4.79 Å². The van der Waals surface area contributed by atoms with Crippen LogP contribution in [0.3, 0.4) is 0 Å². The van der Waals surface area contributed by atoms with Crippen LogP contribution >= 0.6 is 0 Å². The van der Waals surface area contributed by atoms with Crippen molar-refractivity contribution in [3.8, 4) is 11.5 Å². The van der Waals surface area contributed by atoms with E-state index in [4.69, 9.17) is 9.47 Å². The maximum atomic E-state index is 11.5. The van der Waals surface area contributed by atoms with Crippen molar-refractivity contribution in [2.75, 3.05) is 0 Å². The predicted molar refractivity (Wildman–Crippen MR) is 64.3 cm³/mol. The zero-order chi connectivity index (χ0) is 12.1. The van der Waals surface area contributed by atoms with E-state index >= 15 is 0 Å². The second kappa shape index (κ2) is 5.16. The highest BCUT2D eigenvalue weighted by Crippen LogP contribution is 2.17. The summed E-state index contributed by atoms with van der Waals surface area (Å²) in [4.78, 5) is 11.5. The molecule has 2 aromatic rings. The first-order chi connectivity index (χ1) is 8.25. The first-order valence-corrected chi connectivity index (χ1v) is 5.26. The molecule has 86 valence electrons. The van der Waals surface area contributed by atoms with Gasteiger partial charge in [-0.3, -0.25) is 0 Å². The van der Waals surface area contributed by atoms with Crippen molar-refractivity contribution in [1.82, 2.24) is 0 Å². The quantitative estimate of drug-likeness (QED) is 0.582. The average Bonchev–Trinajstić information content (AvgIpc) is 2.33. The second-order valence-electron chi connectivity index (χ2n) is 3.53. The van der Waals surface area contributed by atoms with Crippen LogP contribution in [0.15, 0.2) is 54.6 Å². The number of aryl methyl sites for hydroxylation is 1. The number of hydrogen-bond acceptors (Lipinski definition) is 3. The van der Waals surface area contributed by atoms with E-state index in [0.29, 0.717) is 11.5 Å². The monoisotopic (exact) mass is 228 g/mol. The molecule has 0 fully saturated rings. The molecule has 2 rings (SSSR count). The van der Waals surface area contributed by atoms with Crippen molar-refractivity contribution in [2.24, 2.45) is 0 Å². The van der Waals surface area contributed by atoms with Crippen LogP contribution < -0.4 is 9.47 Å². The Morgan fingerprint density at radius 1 is 0.882 bits per heavy atom. The summed E-state index contributed by atoms with van der Waals surface area (Å²) >= 11 is 0. The Bertz CT molecular complexity index is 506. The van der Waals surface area contributed by atoms with Gasteiger partial charge in [-0.15, -0.1) is 0 Å². The topological polar surface area (TPSA) is 35.5 Å². The third-order valence-corrected chi connectivity index (χ3v) is 2.23. The molecule has 0 atom stereocenters. The molecule has 3 heteroatoms. The van der Waals surface area contributed by atoms with E-state index in [0.717, 1.165) is 5.56 Å². The molecule has 0 amide bonds. The zero-order valence-corrected chi connectivity index (χ0v) is 9.42. The Morgan fingerprint density at radius 3 is 2.24 bits per heavy atom. The lowest BCUT2D eigenvalue weighted by molar-refractivity contribution is 0.151. The SMILES string of the molecule is Cc1ccccc1OC(=O)Oc1ccccc1. The Kier molecular flexibility index (Phi) is 3.40. The zero-order valence-electron chi connectivity index (χ0n) is 9.42. The van der Waals surface area contributed by atoms with Crippen LogP contribution in [0.1, 0.15) is 5.56 Å². The van der Waals surface area contributed by atoms with Crippen molar-refractivity contribution >= 4 is 6.16 Å². The summed E-state index contributed by atoms with van der Waals surface area (Å²) < 4.78 is 10.1. The molecule has 3 nitrogen and oxygen atoms in total. The molecule has 0 saturated carbocycles. The van der Waals surface area contributed by atoms with Gasteiger partial charge in [0.2, 0.25) is 0 Å². The highest BCUT2D eigenvalue weighted by molar-refractivity contribution is 5.67. The highest BCUT2D eigenvalue weighted by atomic mass is 16.7. The Hall–Kier alpha value is -2.29. The van der Waals surface area contributed by atoms with E-state index < -0.39 is 6.16 Å². The van der Waals surface area contributed by atoms with Crippen LogP contribution in [0.4, 0.5) is 4.79 Å². The van der Waals surface area contributed by atoms with Gasteiger partial charge >= 0.3 is 6.16 Å². The summed E-state index contributed by atoms with van der Waals surface area (Å²) in [6.07, 6.45) is -0.731. The van der Waals surface area contributed by atoms with Crippen molar-refractivity contribution in [2.45, 2.75) is 6.92 Å². The molecule has 0 saturated heterocycles. The van der Waals surface area contributed by atoms with Gasteiger partial charge in [-0.1, -0.05) is 36.4 Å². The molecule has 0 unspecified atom stereocenters. The molecule has 0 aliphatic carbocycles. The van der Waals surface area contributed by atoms with Crippen molar-refractivity contribution in [3.63, 3.8) is 0 Å². The molecular weight excluding hydrogens is 216 g/mol. The number of carbonyl (C=O) groups excluding carboxylic acids is 1. The molecule has 0 bridgehead atoms. The molecule has 17 heavy (non-hydrogen) atoms. The van der Waals surface area contributed by atoms with Gasteiger partial charge < -0.3 is 9.47 Å². The third kappa shape index (κ3) is 3.08. The lowest BCUT2D eigenvalue weighted by atomic mass is 10.2. The molecule has 0 spiro atoms. The maximum absolute atomic E-state index is 11.5. The van der Waals surface area contributed by atoms with E-state index in [9.17, 15) is 4.79 Å². The summed E-state index contributed by atoms with van der Waals surface area (Å²) in [6.45, 7) is 1.87. The Labute approximate surface area is 99.6 Å². The Balaban J connectivity index is 2.01. The fourth-order valence-corrected chi connectivity index (χ4v) is 1.37. The van der Waals surface area contributed by atoms with Crippen LogP contribution in [0, 0.1) is 6.92 Å². The largest absolute Gasteiger partial charge is 0.519 e. The minimum absolute atomic E-state index is 0.464. The van der Waals surface area contributed by atoms with Gasteiger partial charge in [0, 0.05) is 0 Å². The van der Waals surface area contributed by atoms with Crippen LogP contribution in [0.2, 0.25) is 0 Å². The number of para-hydroxylation sites is 2. The summed E-state index contributed by atoms with van der Waals surface area (Å²) in [5.74, 6) is 0.972. The first-order valence-electron chi connectivity index (χ1n) is 5.26. The summed E-state index contributed by atoms with van der Waals surface area (Å²) in [6, 6.07) is 16.1. The van der Waals surface area contributed by atoms with Gasteiger partial charge in [0.25, 0.3) is 0 Å². The fourth-order valence-electron chi connectivity index (χ4n) is 1.37. The fraction of sp³-hybridized carbons (Fsp3) is 0.0714. The lowest BCUT2D eigenvalue weighted by Crippen LogP contribution is -2.14. The number of benzene rings is 2. The summed E-state index contributed by atoms with van der Waals surface area (Å²) in [5.41, 5.74) is 0.887. The molecule has 0 aliphatic rings. The van der Waals surface area contributed by atoms with Gasteiger partial charge in [-0.2, -0.15) is 0 Å². The van der Waals surface area contributed by atoms with Crippen LogP contribution in [0.25, 0.3) is 0 Å². The van der Waals surface area contributed by atoms with E-state index in [1.165, 1.54) is 0 Å². The molecule has 2 aromatic carbocycles. The van der Waals surface area contributed by atoms with Gasteiger partial charge in [-0.05, 0) is 30.7 Å². The number of hydrogen-bond donors (Lipinski definition) is 0. The van der Waals surface area contributed by atoms with E-state index in [-0.39, 0.29) is 0 Å². The van der Waals surface area contributed by atoms with Gasteiger partial charge in [0.05, 0.1) is 0 Å². The third-order valence-electron chi connectivity index (χ3n) is 2.23. The molecule has 0 N–H and O–H groups in total. The van der Waals surface area contributed by atoms with Crippen molar-refractivity contribution in [3.05, 3.63) is 60.2 Å². The van der Waals surface area contributed by atoms with E-state index in [1.54, 1.807) is 36.4 Å². The lowest BCUT2D eigenvalue weighted by Gasteiger charge is -2.07. The van der Waals surface area contributed by atoms with Gasteiger partial charge in [0.1, 0.15) is 11.5 Å². The first kappa shape index (κ1) is 11.2. The predicted octanol–water partition coefficient (Wildman–Crippen LogP) is 3.57. The average molecular weight is 228 g/mol. The molecule has 0 aromatic heterocycles. The van der Waals surface area contributed by atoms with Crippen LogP contribution in [-0.4, -0.2) is 6.16 Å². The smallest absolute Gasteiger partial charge is 0.395 e. The minimum Gasteiger partial charge on any atom is -0.395 e. The second-order valence-corrected chi connectivity index (χ2v) is 3.53. The number of rotatable bonds is 2. The summed E-state index contributed by atoms with van der Waals surface area (Å²) in [5, 5.41) is 0. The number of carbonyl (C=O) groups is 1.